The molecular weight excluding hydrogens is 378 g/mol. The molecule has 1 aromatic carbocycles. The third-order valence-electron chi connectivity index (χ3n) is 5.00. The number of thiophene rings is 1. The molecule has 1 fully saturated rings. The van der Waals surface area contributed by atoms with Crippen LogP contribution in [0.2, 0.25) is 0 Å². The van der Waals surface area contributed by atoms with Crippen LogP contribution in [0.25, 0.3) is 5.00 Å². The second-order valence-electron chi connectivity index (χ2n) is 6.71. The zero-order chi connectivity index (χ0) is 19.5. The molecule has 0 unspecified atom stereocenters. The molecule has 0 N–H and O–H groups in total. The normalized spacial score (nSPS) is 15.0. The first-order valence-corrected chi connectivity index (χ1v) is 10.0. The van der Waals surface area contributed by atoms with Crippen molar-refractivity contribution in [3.05, 3.63) is 57.8 Å². The molecule has 1 aliphatic heterocycles. The van der Waals surface area contributed by atoms with Crippen LogP contribution < -0.4 is 10.4 Å². The summed E-state index contributed by atoms with van der Waals surface area (Å²) in [5.74, 6) is 0.872. The second kappa shape index (κ2) is 7.97. The molecule has 4 rings (SSSR count). The molecule has 146 valence electrons. The zero-order valence-electron chi connectivity index (χ0n) is 15.5. The number of ether oxygens (including phenoxy) is 1. The largest absolute Gasteiger partial charge is 0.497 e. The van der Waals surface area contributed by atoms with Crippen LogP contribution in [0.15, 0.2) is 46.6 Å². The second-order valence-corrected chi connectivity index (χ2v) is 7.63. The molecule has 28 heavy (non-hydrogen) atoms. The highest BCUT2D eigenvalue weighted by atomic mass is 32.1. The highest BCUT2D eigenvalue weighted by molar-refractivity contribution is 7.12. The first-order valence-electron chi connectivity index (χ1n) is 9.15. The maximum atomic E-state index is 12.6. The van der Waals surface area contributed by atoms with Gasteiger partial charge >= 0.3 is 5.69 Å². The minimum Gasteiger partial charge on any atom is -0.497 e. The van der Waals surface area contributed by atoms with E-state index in [2.05, 4.69) is 10.4 Å². The lowest BCUT2D eigenvalue weighted by Gasteiger charge is -2.31. The molecule has 3 aromatic rings. The number of hydrogen-bond donors (Lipinski definition) is 0. The van der Waals surface area contributed by atoms with Crippen LogP contribution >= 0.6 is 11.3 Å². The predicted molar refractivity (Wildman–Crippen MR) is 105 cm³/mol. The third-order valence-corrected chi connectivity index (χ3v) is 5.84. The summed E-state index contributed by atoms with van der Waals surface area (Å²) < 4.78 is 7.92. The number of tetrazole rings is 1. The molecule has 1 amide bonds. The van der Waals surface area contributed by atoms with E-state index in [-0.39, 0.29) is 17.6 Å². The van der Waals surface area contributed by atoms with Crippen molar-refractivity contribution < 1.29 is 9.53 Å². The molecule has 9 heteroatoms. The molecule has 0 spiro atoms. The molecule has 2 aromatic heterocycles. The average Bonchev–Trinajstić information content (AvgIpc) is 3.38. The number of carbonyl (C=O) groups excluding carboxylic acids is 1. The van der Waals surface area contributed by atoms with Gasteiger partial charge in [0.15, 0.2) is 0 Å². The molecular formula is C19H21N5O3S. The smallest absolute Gasteiger partial charge is 0.369 e. The van der Waals surface area contributed by atoms with Gasteiger partial charge in [-0.25, -0.2) is 4.79 Å². The van der Waals surface area contributed by atoms with Gasteiger partial charge in [0.25, 0.3) is 0 Å². The number of nitrogens with zero attached hydrogens (tertiary/aromatic N) is 5. The Morgan fingerprint density at radius 3 is 2.57 bits per heavy atom. The summed E-state index contributed by atoms with van der Waals surface area (Å²) in [6.45, 7) is 1.22. The summed E-state index contributed by atoms with van der Waals surface area (Å²) in [5.41, 5.74) is 0.730. The Bertz CT molecular complexity index is 986. The van der Waals surface area contributed by atoms with Gasteiger partial charge in [0.05, 0.1) is 19.6 Å². The summed E-state index contributed by atoms with van der Waals surface area (Å²) in [7, 11) is 1.62. The minimum atomic E-state index is -0.231. The number of hydrogen-bond acceptors (Lipinski definition) is 6. The molecule has 0 bridgehead atoms. The monoisotopic (exact) mass is 399 g/mol. The summed E-state index contributed by atoms with van der Waals surface area (Å²) in [6, 6.07) is 11.2. The van der Waals surface area contributed by atoms with Crippen molar-refractivity contribution in [3.63, 3.8) is 0 Å². The van der Waals surface area contributed by atoms with E-state index in [0.717, 1.165) is 16.3 Å². The van der Waals surface area contributed by atoms with Gasteiger partial charge in [-0.1, -0.05) is 12.1 Å². The van der Waals surface area contributed by atoms with Gasteiger partial charge in [-0.15, -0.1) is 11.3 Å². The molecule has 1 saturated heterocycles. The van der Waals surface area contributed by atoms with Crippen LogP contribution in [-0.2, 0) is 11.2 Å². The molecule has 0 aliphatic carbocycles. The van der Waals surface area contributed by atoms with E-state index in [1.54, 1.807) is 7.11 Å². The van der Waals surface area contributed by atoms with Crippen LogP contribution in [0, 0.1) is 0 Å². The maximum absolute atomic E-state index is 12.6. The quantitative estimate of drug-likeness (QED) is 0.655. The molecule has 1 aliphatic rings. The Morgan fingerprint density at radius 2 is 1.93 bits per heavy atom. The van der Waals surface area contributed by atoms with E-state index in [4.69, 9.17) is 4.74 Å². The van der Waals surface area contributed by atoms with E-state index in [1.807, 2.05) is 46.7 Å². The SMILES string of the molecule is COc1ccc(CC(=O)N2CCC(n3nnn(-c4cccs4)c3=O)CC2)cc1. The fourth-order valence-corrected chi connectivity index (χ4v) is 4.07. The Morgan fingerprint density at radius 1 is 1.18 bits per heavy atom. The predicted octanol–water partition coefficient (Wildman–Crippen LogP) is 1.91. The van der Waals surface area contributed by atoms with Crippen molar-refractivity contribution in [1.82, 2.24) is 24.7 Å². The van der Waals surface area contributed by atoms with Crippen molar-refractivity contribution >= 4 is 17.2 Å². The first kappa shape index (κ1) is 18.4. The van der Waals surface area contributed by atoms with E-state index >= 15 is 0 Å². The molecule has 0 saturated carbocycles. The van der Waals surface area contributed by atoms with E-state index < -0.39 is 0 Å². The van der Waals surface area contributed by atoms with Crippen molar-refractivity contribution in [1.29, 1.82) is 0 Å². The van der Waals surface area contributed by atoms with Gasteiger partial charge in [-0.3, -0.25) is 4.79 Å². The fourth-order valence-electron chi connectivity index (χ4n) is 3.40. The van der Waals surface area contributed by atoms with Gasteiger partial charge < -0.3 is 9.64 Å². The number of rotatable bonds is 5. The highest BCUT2D eigenvalue weighted by Crippen LogP contribution is 2.21. The lowest BCUT2D eigenvalue weighted by Crippen LogP contribution is -2.41. The van der Waals surface area contributed by atoms with Gasteiger partial charge in [-0.05, 0) is 58.5 Å². The van der Waals surface area contributed by atoms with Crippen molar-refractivity contribution in [2.45, 2.75) is 25.3 Å². The summed E-state index contributed by atoms with van der Waals surface area (Å²) in [6.07, 6.45) is 1.75. The standard InChI is InChI=1S/C19H21N5O3S/c1-27-16-6-4-14(5-7-16)13-17(25)22-10-8-15(9-11-22)23-19(26)24(21-20-23)18-3-2-12-28-18/h2-7,12,15H,8-11,13H2,1H3. The summed E-state index contributed by atoms with van der Waals surface area (Å²) in [5, 5.41) is 10.7. The number of methoxy groups -OCH3 is 1. The molecule has 0 atom stereocenters. The number of benzene rings is 1. The topological polar surface area (TPSA) is 82.2 Å². The number of aromatic nitrogens is 4. The van der Waals surface area contributed by atoms with Crippen molar-refractivity contribution in [2.24, 2.45) is 0 Å². The molecule has 8 nitrogen and oxygen atoms in total. The summed E-state index contributed by atoms with van der Waals surface area (Å²) >= 11 is 1.44. The van der Waals surface area contributed by atoms with E-state index in [1.165, 1.54) is 20.7 Å². The Kier molecular flexibility index (Phi) is 5.25. The first-order chi connectivity index (χ1) is 13.7. The van der Waals surface area contributed by atoms with E-state index in [0.29, 0.717) is 32.4 Å². The van der Waals surface area contributed by atoms with Crippen molar-refractivity contribution in [2.75, 3.05) is 20.2 Å². The van der Waals surface area contributed by atoms with Crippen LogP contribution in [0.1, 0.15) is 24.4 Å². The molecule has 3 heterocycles. The van der Waals surface area contributed by atoms with Gasteiger partial charge in [0, 0.05) is 13.1 Å². The van der Waals surface area contributed by atoms with Crippen LogP contribution in [0.4, 0.5) is 0 Å². The van der Waals surface area contributed by atoms with Gasteiger partial charge in [-0.2, -0.15) is 9.36 Å². The number of amides is 1. The van der Waals surface area contributed by atoms with Crippen LogP contribution in [-0.4, -0.2) is 50.8 Å². The fraction of sp³-hybridized carbons (Fsp3) is 0.368. The summed E-state index contributed by atoms with van der Waals surface area (Å²) in [4.78, 5) is 27.0. The maximum Gasteiger partial charge on any atom is 0.369 e. The average molecular weight is 399 g/mol. The lowest BCUT2D eigenvalue weighted by atomic mass is 10.0. The van der Waals surface area contributed by atoms with Crippen LogP contribution in [0.5, 0.6) is 5.75 Å². The number of likely N-dealkylation sites (tertiary alicyclic amines) is 1. The number of carbonyl (C=O) groups is 1. The zero-order valence-corrected chi connectivity index (χ0v) is 16.3. The highest BCUT2D eigenvalue weighted by Gasteiger charge is 2.26. The van der Waals surface area contributed by atoms with Gasteiger partial charge in [0.1, 0.15) is 10.8 Å². The minimum absolute atomic E-state index is 0.0359. The van der Waals surface area contributed by atoms with Gasteiger partial charge in [0.2, 0.25) is 5.91 Å². The Hall–Kier alpha value is -2.94. The van der Waals surface area contributed by atoms with Crippen molar-refractivity contribution in [3.8, 4) is 10.8 Å². The van der Waals surface area contributed by atoms with Crippen LogP contribution in [0.3, 0.4) is 0 Å². The lowest BCUT2D eigenvalue weighted by molar-refractivity contribution is -0.131. The number of piperidine rings is 1. The third kappa shape index (κ3) is 3.70. The Labute approximate surface area is 165 Å². The Balaban J connectivity index is 1.37. The van der Waals surface area contributed by atoms with E-state index in [9.17, 15) is 9.59 Å². The molecule has 0 radical (unpaired) electrons.